The molecule has 0 saturated carbocycles. The molecular weight excluding hydrogens is 256 g/mol. The summed E-state index contributed by atoms with van der Waals surface area (Å²) in [6.45, 7) is 5.42. The van der Waals surface area contributed by atoms with E-state index in [0.29, 0.717) is 11.6 Å². The number of nitrogens with zero attached hydrogens (tertiary/aromatic N) is 1. The Morgan fingerprint density at radius 1 is 1.45 bits per heavy atom. The summed E-state index contributed by atoms with van der Waals surface area (Å²) >= 11 is 0. The van der Waals surface area contributed by atoms with Crippen molar-refractivity contribution in [3.63, 3.8) is 0 Å². The fourth-order valence-electron chi connectivity index (χ4n) is 2.49. The van der Waals surface area contributed by atoms with Crippen molar-refractivity contribution in [2.24, 2.45) is 5.92 Å². The molecule has 1 fully saturated rings. The highest BCUT2D eigenvalue weighted by Gasteiger charge is 2.25. The lowest BCUT2D eigenvalue weighted by atomic mass is 10.1. The second kappa shape index (κ2) is 5.94. The number of carbonyl (C=O) groups is 2. The van der Waals surface area contributed by atoms with Gasteiger partial charge in [0.05, 0.1) is 11.3 Å². The molecule has 20 heavy (non-hydrogen) atoms. The number of amides is 2. The molecule has 0 spiro atoms. The van der Waals surface area contributed by atoms with E-state index in [1.807, 2.05) is 6.92 Å². The van der Waals surface area contributed by atoms with Gasteiger partial charge in [0.2, 0.25) is 0 Å². The number of anilines is 1. The predicted molar refractivity (Wildman–Crippen MR) is 77.1 cm³/mol. The van der Waals surface area contributed by atoms with Gasteiger partial charge in [0.25, 0.3) is 0 Å². The van der Waals surface area contributed by atoms with Crippen molar-refractivity contribution in [3.05, 3.63) is 29.3 Å². The van der Waals surface area contributed by atoms with Crippen LogP contribution >= 0.6 is 0 Å². The molecule has 1 saturated heterocycles. The van der Waals surface area contributed by atoms with Gasteiger partial charge in [-0.3, -0.25) is 0 Å². The highest BCUT2D eigenvalue weighted by molar-refractivity contribution is 6.00. The number of carboxylic acid groups (broad SMARTS) is 1. The molecule has 5 nitrogen and oxygen atoms in total. The molecule has 1 heterocycles. The Bertz CT molecular complexity index is 528. The number of benzene rings is 1. The van der Waals surface area contributed by atoms with Crippen molar-refractivity contribution in [1.82, 2.24) is 4.90 Å². The Balaban J connectivity index is 2.10. The van der Waals surface area contributed by atoms with E-state index < -0.39 is 5.97 Å². The van der Waals surface area contributed by atoms with Gasteiger partial charge >= 0.3 is 12.0 Å². The number of hydrogen-bond acceptors (Lipinski definition) is 2. The summed E-state index contributed by atoms with van der Waals surface area (Å²) in [5.74, 6) is -0.477. The molecule has 0 radical (unpaired) electrons. The zero-order valence-electron chi connectivity index (χ0n) is 11.8. The minimum absolute atomic E-state index is 0.129. The van der Waals surface area contributed by atoms with Crippen LogP contribution in [0.15, 0.2) is 18.2 Å². The maximum Gasteiger partial charge on any atom is 0.337 e. The average molecular weight is 276 g/mol. The first-order chi connectivity index (χ1) is 9.51. The van der Waals surface area contributed by atoms with Gasteiger partial charge in [-0.05, 0) is 31.4 Å². The molecule has 108 valence electrons. The second-order valence-corrected chi connectivity index (χ2v) is 5.29. The standard InChI is InChI=1S/C15H20N2O3/c1-3-11-6-7-17(9-11)15(20)16-13-5-4-10(2)8-12(13)14(18)19/h4-5,8,11H,3,6-7,9H2,1-2H3,(H,16,20)(H,18,19). The van der Waals surface area contributed by atoms with Crippen LogP contribution in [0.2, 0.25) is 0 Å². The van der Waals surface area contributed by atoms with Crippen molar-refractivity contribution >= 4 is 17.7 Å². The van der Waals surface area contributed by atoms with Crippen molar-refractivity contribution in [3.8, 4) is 0 Å². The number of carboxylic acids is 1. The number of urea groups is 1. The van der Waals surface area contributed by atoms with Gasteiger partial charge in [-0.2, -0.15) is 0 Å². The maximum absolute atomic E-state index is 12.2. The van der Waals surface area contributed by atoms with E-state index in [0.717, 1.165) is 31.5 Å². The lowest BCUT2D eigenvalue weighted by Gasteiger charge is -2.18. The van der Waals surface area contributed by atoms with E-state index >= 15 is 0 Å². The number of nitrogens with one attached hydrogen (secondary N) is 1. The molecular formula is C15H20N2O3. The zero-order valence-corrected chi connectivity index (χ0v) is 11.8. The van der Waals surface area contributed by atoms with E-state index in [-0.39, 0.29) is 11.6 Å². The van der Waals surface area contributed by atoms with Crippen LogP contribution in [0, 0.1) is 12.8 Å². The number of aryl methyl sites for hydroxylation is 1. The molecule has 0 bridgehead atoms. The quantitative estimate of drug-likeness (QED) is 0.891. The third-order valence-corrected chi connectivity index (χ3v) is 3.80. The van der Waals surface area contributed by atoms with E-state index in [9.17, 15) is 14.7 Å². The minimum atomic E-state index is -1.03. The summed E-state index contributed by atoms with van der Waals surface area (Å²) in [6.07, 6.45) is 2.08. The molecule has 2 rings (SSSR count). The summed E-state index contributed by atoms with van der Waals surface area (Å²) in [7, 11) is 0. The van der Waals surface area contributed by atoms with Gasteiger partial charge in [0.1, 0.15) is 0 Å². The summed E-state index contributed by atoms with van der Waals surface area (Å²) < 4.78 is 0. The SMILES string of the molecule is CCC1CCN(C(=O)Nc2ccc(C)cc2C(=O)O)C1. The molecule has 0 aromatic heterocycles. The number of likely N-dealkylation sites (tertiary alicyclic amines) is 1. The number of hydrogen-bond donors (Lipinski definition) is 2. The Kier molecular flexibility index (Phi) is 4.27. The zero-order chi connectivity index (χ0) is 14.7. The van der Waals surface area contributed by atoms with Crippen LogP contribution in [-0.2, 0) is 0 Å². The lowest BCUT2D eigenvalue weighted by Crippen LogP contribution is -2.33. The highest BCUT2D eigenvalue weighted by Crippen LogP contribution is 2.22. The van der Waals surface area contributed by atoms with Crippen LogP contribution in [0.25, 0.3) is 0 Å². The molecule has 1 aliphatic rings. The summed E-state index contributed by atoms with van der Waals surface area (Å²) in [4.78, 5) is 25.1. The van der Waals surface area contributed by atoms with E-state index in [1.54, 1.807) is 23.1 Å². The molecule has 1 unspecified atom stereocenters. The van der Waals surface area contributed by atoms with Gasteiger partial charge in [-0.25, -0.2) is 9.59 Å². The molecule has 1 aromatic rings. The van der Waals surface area contributed by atoms with Crippen LogP contribution < -0.4 is 5.32 Å². The maximum atomic E-state index is 12.2. The molecule has 0 aliphatic carbocycles. The van der Waals surface area contributed by atoms with Crippen LogP contribution in [0.1, 0.15) is 35.7 Å². The van der Waals surface area contributed by atoms with Crippen molar-refractivity contribution in [1.29, 1.82) is 0 Å². The lowest BCUT2D eigenvalue weighted by molar-refractivity contribution is 0.0698. The predicted octanol–water partition coefficient (Wildman–Crippen LogP) is 2.96. The fraction of sp³-hybridized carbons (Fsp3) is 0.467. The molecule has 1 aliphatic heterocycles. The second-order valence-electron chi connectivity index (χ2n) is 5.29. The fourth-order valence-corrected chi connectivity index (χ4v) is 2.49. The largest absolute Gasteiger partial charge is 0.478 e. The number of rotatable bonds is 3. The first-order valence-electron chi connectivity index (χ1n) is 6.91. The number of carbonyl (C=O) groups excluding carboxylic acids is 1. The summed E-state index contributed by atoms with van der Waals surface area (Å²) in [5, 5.41) is 11.9. The number of aromatic carboxylic acids is 1. The third-order valence-electron chi connectivity index (χ3n) is 3.80. The average Bonchev–Trinajstić information content (AvgIpc) is 2.89. The Morgan fingerprint density at radius 3 is 2.80 bits per heavy atom. The van der Waals surface area contributed by atoms with E-state index in [2.05, 4.69) is 12.2 Å². The first-order valence-corrected chi connectivity index (χ1v) is 6.91. The van der Waals surface area contributed by atoms with Gasteiger partial charge in [-0.1, -0.05) is 25.0 Å². The monoisotopic (exact) mass is 276 g/mol. The Morgan fingerprint density at radius 2 is 2.20 bits per heavy atom. The Hall–Kier alpha value is -2.04. The molecule has 5 heteroatoms. The smallest absolute Gasteiger partial charge is 0.337 e. The first kappa shape index (κ1) is 14.4. The van der Waals surface area contributed by atoms with Gasteiger partial charge < -0.3 is 15.3 Å². The van der Waals surface area contributed by atoms with Crippen LogP contribution in [0.5, 0.6) is 0 Å². The normalized spacial score (nSPS) is 18.1. The van der Waals surface area contributed by atoms with Crippen LogP contribution in [0.3, 0.4) is 0 Å². The van der Waals surface area contributed by atoms with E-state index in [1.165, 1.54) is 0 Å². The van der Waals surface area contributed by atoms with Gasteiger partial charge in [0.15, 0.2) is 0 Å². The summed E-state index contributed by atoms with van der Waals surface area (Å²) in [6, 6.07) is 4.79. The van der Waals surface area contributed by atoms with Gasteiger partial charge in [0, 0.05) is 13.1 Å². The molecule has 2 amide bonds. The van der Waals surface area contributed by atoms with Crippen molar-refractivity contribution in [2.75, 3.05) is 18.4 Å². The van der Waals surface area contributed by atoms with Crippen molar-refractivity contribution in [2.45, 2.75) is 26.7 Å². The molecule has 2 N–H and O–H groups in total. The third kappa shape index (κ3) is 3.10. The van der Waals surface area contributed by atoms with E-state index in [4.69, 9.17) is 0 Å². The molecule has 1 aromatic carbocycles. The van der Waals surface area contributed by atoms with Crippen LogP contribution in [-0.4, -0.2) is 35.1 Å². The van der Waals surface area contributed by atoms with Crippen LogP contribution in [0.4, 0.5) is 10.5 Å². The van der Waals surface area contributed by atoms with Gasteiger partial charge in [-0.15, -0.1) is 0 Å². The summed E-state index contributed by atoms with van der Waals surface area (Å²) in [5.41, 5.74) is 1.34. The van der Waals surface area contributed by atoms with Crippen molar-refractivity contribution < 1.29 is 14.7 Å². The molecule has 1 atom stereocenters. The Labute approximate surface area is 118 Å². The highest BCUT2D eigenvalue weighted by atomic mass is 16.4. The minimum Gasteiger partial charge on any atom is -0.478 e. The topological polar surface area (TPSA) is 69.6 Å².